The lowest BCUT2D eigenvalue weighted by atomic mass is 10.1. The van der Waals surface area contributed by atoms with E-state index in [0.717, 1.165) is 15.0 Å². The maximum atomic E-state index is 12.8. The maximum Gasteiger partial charge on any atom is 0.228 e. The minimum Gasteiger partial charge on any atom is -0.338 e. The average molecular weight is 407 g/mol. The topological polar surface area (TPSA) is 40.6 Å². The van der Waals surface area contributed by atoms with Crippen LogP contribution in [0.1, 0.15) is 24.3 Å². The summed E-state index contributed by atoms with van der Waals surface area (Å²) in [6.45, 7) is 2.45. The van der Waals surface area contributed by atoms with Crippen molar-refractivity contribution in [2.24, 2.45) is 5.92 Å². The number of hydrogen-bond donors (Lipinski definition) is 0. The molecule has 0 unspecified atom stereocenters. The number of halogens is 1. The highest BCUT2D eigenvalue weighted by Gasteiger charge is 2.38. The molecular formula is C18H19BrN2O2S. The molecule has 1 fully saturated rings. The van der Waals surface area contributed by atoms with E-state index in [0.29, 0.717) is 6.54 Å². The zero-order valence-electron chi connectivity index (χ0n) is 13.6. The molecule has 0 N–H and O–H groups in total. The van der Waals surface area contributed by atoms with Crippen LogP contribution >= 0.6 is 27.3 Å². The van der Waals surface area contributed by atoms with Crippen molar-refractivity contribution in [1.82, 2.24) is 4.90 Å². The van der Waals surface area contributed by atoms with Crippen molar-refractivity contribution in [1.29, 1.82) is 0 Å². The van der Waals surface area contributed by atoms with Crippen LogP contribution in [0.4, 0.5) is 5.69 Å². The van der Waals surface area contributed by atoms with Crippen LogP contribution < -0.4 is 4.90 Å². The first kappa shape index (κ1) is 17.2. The Bertz CT molecular complexity index is 747. The Balaban J connectivity index is 1.73. The lowest BCUT2D eigenvalue weighted by Crippen LogP contribution is -2.36. The van der Waals surface area contributed by atoms with Gasteiger partial charge in [0.05, 0.1) is 17.6 Å². The van der Waals surface area contributed by atoms with Gasteiger partial charge < -0.3 is 9.80 Å². The molecule has 2 amide bonds. The third kappa shape index (κ3) is 3.26. The summed E-state index contributed by atoms with van der Waals surface area (Å²) in [5.41, 5.74) is 0.826. The minimum absolute atomic E-state index is 0.00238. The van der Waals surface area contributed by atoms with Gasteiger partial charge in [-0.15, -0.1) is 11.3 Å². The van der Waals surface area contributed by atoms with Crippen LogP contribution in [0.25, 0.3) is 0 Å². The van der Waals surface area contributed by atoms with Crippen molar-refractivity contribution >= 4 is 44.8 Å². The van der Waals surface area contributed by atoms with Gasteiger partial charge in [0.2, 0.25) is 11.8 Å². The molecule has 6 heteroatoms. The van der Waals surface area contributed by atoms with Gasteiger partial charge in [0.1, 0.15) is 0 Å². The third-order valence-corrected chi connectivity index (χ3v) is 6.21. The Morgan fingerprint density at radius 3 is 2.75 bits per heavy atom. The summed E-state index contributed by atoms with van der Waals surface area (Å²) < 4.78 is 0.867. The number of para-hydroxylation sites is 1. The Morgan fingerprint density at radius 2 is 2.08 bits per heavy atom. The molecular weight excluding hydrogens is 388 g/mol. The molecule has 3 rings (SSSR count). The fourth-order valence-corrected chi connectivity index (χ4v) is 4.30. The molecule has 1 aromatic carbocycles. The highest BCUT2D eigenvalue weighted by Crippen LogP contribution is 2.33. The molecule has 1 saturated heterocycles. The normalized spacial score (nSPS) is 18.7. The number of nitrogens with zero attached hydrogens (tertiary/aromatic N) is 2. The number of carbonyl (C=O) groups excluding carboxylic acids is 2. The third-order valence-electron chi connectivity index (χ3n) is 4.50. The molecule has 0 bridgehead atoms. The molecule has 0 radical (unpaired) electrons. The molecule has 0 saturated carbocycles. The summed E-state index contributed by atoms with van der Waals surface area (Å²) >= 11 is 5.12. The average Bonchev–Trinajstić information content (AvgIpc) is 3.23. The largest absolute Gasteiger partial charge is 0.338 e. The lowest BCUT2D eigenvalue weighted by Gasteiger charge is -2.27. The van der Waals surface area contributed by atoms with Crippen molar-refractivity contribution in [2.45, 2.75) is 19.4 Å². The van der Waals surface area contributed by atoms with Gasteiger partial charge in [0.25, 0.3) is 0 Å². The van der Waals surface area contributed by atoms with Crippen LogP contribution in [0.3, 0.4) is 0 Å². The smallest absolute Gasteiger partial charge is 0.228 e. The van der Waals surface area contributed by atoms with Gasteiger partial charge in [-0.3, -0.25) is 9.59 Å². The first-order valence-corrected chi connectivity index (χ1v) is 9.51. The molecule has 1 aliphatic rings. The molecule has 24 heavy (non-hydrogen) atoms. The van der Waals surface area contributed by atoms with Gasteiger partial charge in [-0.2, -0.15) is 0 Å². The second-order valence-electron chi connectivity index (χ2n) is 6.00. The molecule has 1 aromatic heterocycles. The van der Waals surface area contributed by atoms with E-state index in [2.05, 4.69) is 15.9 Å². The van der Waals surface area contributed by atoms with Gasteiger partial charge in [0, 0.05) is 29.4 Å². The monoisotopic (exact) mass is 406 g/mol. The summed E-state index contributed by atoms with van der Waals surface area (Å²) in [5.74, 6) is -0.270. The van der Waals surface area contributed by atoms with Gasteiger partial charge in [-0.1, -0.05) is 18.2 Å². The number of benzene rings is 1. The van der Waals surface area contributed by atoms with Gasteiger partial charge in [-0.25, -0.2) is 0 Å². The summed E-state index contributed by atoms with van der Waals surface area (Å²) in [4.78, 5) is 29.8. The summed E-state index contributed by atoms with van der Waals surface area (Å²) in [6.07, 6.45) is 0.266. The van der Waals surface area contributed by atoms with Crippen molar-refractivity contribution < 1.29 is 9.59 Å². The Morgan fingerprint density at radius 1 is 1.33 bits per heavy atom. The molecule has 2 aromatic rings. The van der Waals surface area contributed by atoms with Crippen LogP contribution in [0.15, 0.2) is 46.3 Å². The fraction of sp³-hybridized carbons (Fsp3) is 0.333. The number of thiophene rings is 1. The molecule has 0 aliphatic carbocycles. The first-order valence-electron chi connectivity index (χ1n) is 7.84. The van der Waals surface area contributed by atoms with Gasteiger partial charge >= 0.3 is 0 Å². The molecule has 4 nitrogen and oxygen atoms in total. The number of rotatable bonds is 4. The van der Waals surface area contributed by atoms with Gasteiger partial charge in [0.15, 0.2) is 0 Å². The van der Waals surface area contributed by atoms with Crippen molar-refractivity contribution in [3.8, 4) is 0 Å². The molecule has 1 aliphatic heterocycles. The second kappa shape index (κ2) is 7.07. The second-order valence-corrected chi connectivity index (χ2v) is 7.83. The quantitative estimate of drug-likeness (QED) is 0.766. The molecule has 2 heterocycles. The summed E-state index contributed by atoms with van der Waals surface area (Å²) in [7, 11) is 1.82. The van der Waals surface area contributed by atoms with Crippen LogP contribution in [-0.2, 0) is 9.59 Å². The Labute approximate surface area is 154 Å². The van der Waals surface area contributed by atoms with Gasteiger partial charge in [-0.05, 0) is 46.4 Å². The zero-order chi connectivity index (χ0) is 17.3. The van der Waals surface area contributed by atoms with Crippen LogP contribution in [-0.4, -0.2) is 30.3 Å². The van der Waals surface area contributed by atoms with E-state index in [1.54, 1.807) is 21.1 Å². The SMILES string of the molecule is C[C@H](c1cccs1)N(C)C(=O)[C@@H]1CC(=O)N(c2ccccc2Br)C1. The van der Waals surface area contributed by atoms with E-state index in [1.807, 2.05) is 55.7 Å². The summed E-state index contributed by atoms with van der Waals surface area (Å²) in [5, 5.41) is 2.01. The van der Waals surface area contributed by atoms with Crippen molar-refractivity contribution in [3.63, 3.8) is 0 Å². The number of amides is 2. The fourth-order valence-electron chi connectivity index (χ4n) is 2.98. The standard InChI is InChI=1S/C18H19BrN2O2S/c1-12(16-8-5-9-24-16)20(2)18(23)13-10-17(22)21(11-13)15-7-4-3-6-14(15)19/h3-9,12-13H,10-11H2,1-2H3/t12-,13-/m1/s1. The first-order chi connectivity index (χ1) is 11.5. The zero-order valence-corrected chi connectivity index (χ0v) is 16.0. The molecule has 0 spiro atoms. The minimum atomic E-state index is -0.294. The van der Waals surface area contributed by atoms with E-state index in [4.69, 9.17) is 0 Å². The van der Waals surface area contributed by atoms with Crippen LogP contribution in [0.5, 0.6) is 0 Å². The van der Waals surface area contributed by atoms with E-state index in [-0.39, 0.29) is 30.2 Å². The lowest BCUT2D eigenvalue weighted by molar-refractivity contribution is -0.136. The highest BCUT2D eigenvalue weighted by molar-refractivity contribution is 9.10. The van der Waals surface area contributed by atoms with Crippen LogP contribution in [0, 0.1) is 5.92 Å². The van der Waals surface area contributed by atoms with E-state index in [9.17, 15) is 9.59 Å². The summed E-state index contributed by atoms with van der Waals surface area (Å²) in [6, 6.07) is 11.6. The predicted octanol–water partition coefficient (Wildman–Crippen LogP) is 4.08. The molecule has 2 atom stereocenters. The van der Waals surface area contributed by atoms with E-state index >= 15 is 0 Å². The number of hydrogen-bond acceptors (Lipinski definition) is 3. The van der Waals surface area contributed by atoms with E-state index in [1.165, 1.54) is 0 Å². The number of anilines is 1. The van der Waals surface area contributed by atoms with Crippen molar-refractivity contribution in [2.75, 3.05) is 18.5 Å². The predicted molar refractivity (Wildman–Crippen MR) is 100 cm³/mol. The molecule has 126 valence electrons. The van der Waals surface area contributed by atoms with Crippen LogP contribution in [0.2, 0.25) is 0 Å². The Kier molecular flexibility index (Phi) is 5.06. The van der Waals surface area contributed by atoms with Crippen molar-refractivity contribution in [3.05, 3.63) is 51.1 Å². The maximum absolute atomic E-state index is 12.8. The van der Waals surface area contributed by atoms with E-state index < -0.39 is 0 Å². The number of carbonyl (C=O) groups is 2. The highest BCUT2D eigenvalue weighted by atomic mass is 79.9. The Hall–Kier alpha value is -1.66.